The summed E-state index contributed by atoms with van der Waals surface area (Å²) >= 11 is 0. The lowest BCUT2D eigenvalue weighted by molar-refractivity contribution is 0.669. The molecule has 2 nitrogen and oxygen atoms in total. The number of hydrogen-bond acceptors (Lipinski definition) is 2. The molecular weight excluding hydrogens is 607 g/mol. The Bertz CT molecular complexity index is 2470. The summed E-state index contributed by atoms with van der Waals surface area (Å²) in [5, 5.41) is 2.20. The predicted molar refractivity (Wildman–Crippen MR) is 210 cm³/mol. The minimum atomic E-state index is 0.867. The Morgan fingerprint density at radius 1 is 0.320 bits per heavy atom. The fourth-order valence-electron chi connectivity index (χ4n) is 7.13. The second-order valence-electron chi connectivity index (χ2n) is 12.5. The zero-order valence-corrected chi connectivity index (χ0v) is 27.4. The molecule has 2 heteroatoms. The summed E-state index contributed by atoms with van der Waals surface area (Å²) in [6.07, 6.45) is 0. The van der Waals surface area contributed by atoms with Crippen molar-refractivity contribution < 1.29 is 4.42 Å². The summed E-state index contributed by atoms with van der Waals surface area (Å²) in [7, 11) is 0. The number of rotatable bonds is 7. The van der Waals surface area contributed by atoms with E-state index in [2.05, 4.69) is 199 Å². The van der Waals surface area contributed by atoms with Crippen LogP contribution in [-0.2, 0) is 0 Å². The molecule has 0 spiro atoms. The van der Waals surface area contributed by atoms with Crippen LogP contribution < -0.4 is 4.90 Å². The van der Waals surface area contributed by atoms with E-state index in [1.165, 1.54) is 33.4 Å². The first kappa shape index (κ1) is 29.5. The average molecular weight is 640 g/mol. The van der Waals surface area contributed by atoms with Crippen molar-refractivity contribution in [3.63, 3.8) is 0 Å². The predicted octanol–water partition coefficient (Wildman–Crippen LogP) is 13.7. The van der Waals surface area contributed by atoms with Crippen LogP contribution in [0.25, 0.3) is 66.4 Å². The van der Waals surface area contributed by atoms with Crippen molar-refractivity contribution in [1.29, 1.82) is 0 Å². The van der Waals surface area contributed by atoms with Crippen LogP contribution in [0.3, 0.4) is 0 Å². The Kier molecular flexibility index (Phi) is 7.53. The second kappa shape index (κ2) is 12.8. The number of benzene rings is 8. The molecule has 9 aromatic rings. The summed E-state index contributed by atoms with van der Waals surface area (Å²) in [4.78, 5) is 2.39. The maximum atomic E-state index is 6.52. The molecule has 1 aromatic heterocycles. The zero-order valence-electron chi connectivity index (χ0n) is 27.4. The Balaban J connectivity index is 1.32. The van der Waals surface area contributed by atoms with E-state index in [4.69, 9.17) is 4.42 Å². The van der Waals surface area contributed by atoms with Gasteiger partial charge in [-0.25, -0.2) is 0 Å². The quantitative estimate of drug-likeness (QED) is 0.173. The summed E-state index contributed by atoms with van der Waals surface area (Å²) in [6.45, 7) is 0. The first-order valence-corrected chi connectivity index (χ1v) is 17.0. The number of fused-ring (bicyclic) bond motifs is 3. The molecule has 0 N–H and O–H groups in total. The normalized spacial score (nSPS) is 11.2. The molecule has 0 fully saturated rings. The molecule has 0 unspecified atom stereocenters. The minimum Gasteiger partial charge on any atom is -0.456 e. The molecule has 0 bridgehead atoms. The van der Waals surface area contributed by atoms with Crippen molar-refractivity contribution in [2.45, 2.75) is 0 Å². The smallest absolute Gasteiger partial charge is 0.136 e. The highest BCUT2D eigenvalue weighted by Crippen LogP contribution is 2.49. The van der Waals surface area contributed by atoms with Gasteiger partial charge in [0.05, 0.1) is 5.69 Å². The summed E-state index contributed by atoms with van der Waals surface area (Å²) in [6, 6.07) is 71.0. The van der Waals surface area contributed by atoms with E-state index in [1.807, 2.05) is 6.07 Å². The van der Waals surface area contributed by atoms with Gasteiger partial charge in [0.2, 0.25) is 0 Å². The third kappa shape index (κ3) is 5.34. The standard InChI is InChI=1S/C48H33NO/c1-4-14-34(15-5-1)36-24-28-39(29-25-36)49(40-30-26-37(27-31-40)35-16-6-2-7-17-35)44-32-33-46-48(43-22-12-13-23-45(43)50-46)47(44)42-21-11-10-20-41(42)38-18-8-3-9-19-38/h1-33H. The molecule has 0 saturated heterocycles. The van der Waals surface area contributed by atoms with Gasteiger partial charge >= 0.3 is 0 Å². The molecule has 1 heterocycles. The van der Waals surface area contributed by atoms with Crippen LogP contribution >= 0.6 is 0 Å². The first-order chi connectivity index (χ1) is 24.8. The Morgan fingerprint density at radius 2 is 0.780 bits per heavy atom. The molecule has 0 aliphatic carbocycles. The zero-order chi connectivity index (χ0) is 33.3. The van der Waals surface area contributed by atoms with Crippen molar-refractivity contribution >= 4 is 39.0 Å². The van der Waals surface area contributed by atoms with Crippen LogP contribution in [0.5, 0.6) is 0 Å². The fourth-order valence-corrected chi connectivity index (χ4v) is 7.13. The molecule has 236 valence electrons. The number of hydrogen-bond donors (Lipinski definition) is 0. The van der Waals surface area contributed by atoms with Gasteiger partial charge in [0.1, 0.15) is 11.2 Å². The molecule has 0 radical (unpaired) electrons. The van der Waals surface area contributed by atoms with Gasteiger partial charge in [-0.2, -0.15) is 0 Å². The number of furan rings is 1. The minimum absolute atomic E-state index is 0.867. The van der Waals surface area contributed by atoms with Gasteiger partial charge in [-0.05, 0) is 81.4 Å². The highest BCUT2D eigenvalue weighted by atomic mass is 16.3. The molecular formula is C48H33NO. The van der Waals surface area contributed by atoms with E-state index in [-0.39, 0.29) is 0 Å². The van der Waals surface area contributed by atoms with E-state index >= 15 is 0 Å². The number of para-hydroxylation sites is 1. The van der Waals surface area contributed by atoms with E-state index < -0.39 is 0 Å². The molecule has 9 rings (SSSR count). The third-order valence-corrected chi connectivity index (χ3v) is 9.51. The lowest BCUT2D eigenvalue weighted by Crippen LogP contribution is -2.11. The molecule has 50 heavy (non-hydrogen) atoms. The SMILES string of the molecule is c1ccc(-c2ccc(N(c3ccc(-c4ccccc4)cc3)c3ccc4oc5ccccc5c4c3-c3ccccc3-c3ccccc3)cc2)cc1. The van der Waals surface area contributed by atoms with Crippen LogP contribution in [0.2, 0.25) is 0 Å². The Morgan fingerprint density at radius 3 is 1.36 bits per heavy atom. The molecule has 0 aliphatic rings. The van der Waals surface area contributed by atoms with Crippen molar-refractivity contribution in [1.82, 2.24) is 0 Å². The van der Waals surface area contributed by atoms with Crippen LogP contribution in [-0.4, -0.2) is 0 Å². The van der Waals surface area contributed by atoms with E-state index in [0.29, 0.717) is 0 Å². The lowest BCUT2D eigenvalue weighted by Gasteiger charge is -2.29. The maximum Gasteiger partial charge on any atom is 0.136 e. The van der Waals surface area contributed by atoms with Crippen molar-refractivity contribution in [2.24, 2.45) is 0 Å². The van der Waals surface area contributed by atoms with Crippen LogP contribution in [0, 0.1) is 0 Å². The van der Waals surface area contributed by atoms with Gasteiger partial charge < -0.3 is 9.32 Å². The topological polar surface area (TPSA) is 16.4 Å². The molecule has 0 atom stereocenters. The van der Waals surface area contributed by atoms with Crippen LogP contribution in [0.15, 0.2) is 205 Å². The van der Waals surface area contributed by atoms with Crippen molar-refractivity contribution in [2.75, 3.05) is 4.90 Å². The van der Waals surface area contributed by atoms with E-state index in [9.17, 15) is 0 Å². The number of anilines is 3. The number of nitrogens with zero attached hydrogens (tertiary/aromatic N) is 1. The molecule has 8 aromatic carbocycles. The van der Waals surface area contributed by atoms with E-state index in [0.717, 1.165) is 50.1 Å². The van der Waals surface area contributed by atoms with Gasteiger partial charge in [0.25, 0.3) is 0 Å². The van der Waals surface area contributed by atoms with Crippen LogP contribution in [0.4, 0.5) is 17.1 Å². The fraction of sp³-hybridized carbons (Fsp3) is 0. The first-order valence-electron chi connectivity index (χ1n) is 17.0. The Labute approximate surface area is 292 Å². The third-order valence-electron chi connectivity index (χ3n) is 9.51. The Hall–Kier alpha value is -6.64. The van der Waals surface area contributed by atoms with Crippen molar-refractivity contribution in [3.05, 3.63) is 200 Å². The monoisotopic (exact) mass is 639 g/mol. The summed E-state index contributed by atoms with van der Waals surface area (Å²) in [5.41, 5.74) is 14.3. The van der Waals surface area contributed by atoms with Gasteiger partial charge in [-0.15, -0.1) is 0 Å². The largest absolute Gasteiger partial charge is 0.456 e. The highest BCUT2D eigenvalue weighted by molar-refractivity contribution is 6.17. The lowest BCUT2D eigenvalue weighted by atomic mass is 9.90. The van der Waals surface area contributed by atoms with Gasteiger partial charge in [0, 0.05) is 27.7 Å². The van der Waals surface area contributed by atoms with Gasteiger partial charge in [-0.1, -0.05) is 158 Å². The highest BCUT2D eigenvalue weighted by Gasteiger charge is 2.24. The molecule has 0 amide bonds. The second-order valence-corrected chi connectivity index (χ2v) is 12.5. The van der Waals surface area contributed by atoms with E-state index in [1.54, 1.807) is 0 Å². The molecule has 0 saturated carbocycles. The van der Waals surface area contributed by atoms with Crippen LogP contribution in [0.1, 0.15) is 0 Å². The molecule has 0 aliphatic heterocycles. The average Bonchev–Trinajstić information content (AvgIpc) is 3.58. The van der Waals surface area contributed by atoms with Crippen molar-refractivity contribution in [3.8, 4) is 44.5 Å². The summed E-state index contributed by atoms with van der Waals surface area (Å²) in [5.74, 6) is 0. The summed E-state index contributed by atoms with van der Waals surface area (Å²) < 4.78 is 6.52. The van der Waals surface area contributed by atoms with Gasteiger partial charge in [-0.3, -0.25) is 0 Å². The van der Waals surface area contributed by atoms with Gasteiger partial charge in [0.15, 0.2) is 0 Å². The maximum absolute atomic E-state index is 6.52.